The Kier molecular flexibility index (Phi) is 11.7. The maximum absolute atomic E-state index is 13.0. The fourth-order valence-electron chi connectivity index (χ4n) is 5.80. The third-order valence-electron chi connectivity index (χ3n) is 7.79. The van der Waals surface area contributed by atoms with Crippen molar-refractivity contribution < 1.29 is 93.1 Å². The number of aromatic nitrogens is 1. The van der Waals surface area contributed by atoms with Crippen molar-refractivity contribution in [2.45, 2.75) is 51.4 Å². The van der Waals surface area contributed by atoms with Crippen LogP contribution in [0.5, 0.6) is 17.2 Å². The number of carboxylic acid groups (broad SMARTS) is 2. The molecule has 204 valence electrons. The van der Waals surface area contributed by atoms with Crippen molar-refractivity contribution in [3.63, 3.8) is 0 Å². The molecule has 0 saturated carbocycles. The zero-order valence-electron chi connectivity index (χ0n) is 24.3. The van der Waals surface area contributed by atoms with Crippen molar-refractivity contribution in [1.29, 1.82) is 0 Å². The molecule has 0 amide bonds. The van der Waals surface area contributed by atoms with Crippen molar-refractivity contribution in [1.82, 2.24) is 4.98 Å². The van der Waals surface area contributed by atoms with Gasteiger partial charge in [-0.15, -0.1) is 0 Å². The van der Waals surface area contributed by atoms with Gasteiger partial charge in [0.2, 0.25) is 6.79 Å². The fourth-order valence-corrected chi connectivity index (χ4v) is 5.80. The van der Waals surface area contributed by atoms with Crippen LogP contribution in [0.4, 0.5) is 0 Å². The van der Waals surface area contributed by atoms with E-state index in [1.807, 2.05) is 30.3 Å². The van der Waals surface area contributed by atoms with E-state index < -0.39 is 35.6 Å². The maximum Gasteiger partial charge on any atom is 1.00 e. The van der Waals surface area contributed by atoms with Crippen molar-refractivity contribution in [2.24, 2.45) is 11.8 Å². The van der Waals surface area contributed by atoms with Crippen LogP contribution in [0.25, 0.3) is 0 Å². The molecule has 4 atom stereocenters. The summed E-state index contributed by atoms with van der Waals surface area (Å²) in [4.78, 5) is 29.6. The number of aliphatic carboxylic acids is 2. The number of rotatable bonds is 10. The summed E-state index contributed by atoms with van der Waals surface area (Å²) in [6, 6.07) is 14.8. The molecule has 0 unspecified atom stereocenters. The van der Waals surface area contributed by atoms with Crippen LogP contribution in [0.3, 0.4) is 0 Å². The van der Waals surface area contributed by atoms with Crippen molar-refractivity contribution in [3.05, 3.63) is 82.2 Å². The number of hydrogen-bond donors (Lipinski definition) is 0. The van der Waals surface area contributed by atoms with Crippen LogP contribution in [-0.2, 0) is 22.4 Å². The summed E-state index contributed by atoms with van der Waals surface area (Å²) in [5.74, 6) is -3.63. The van der Waals surface area contributed by atoms with Crippen LogP contribution < -0.4 is 83.5 Å². The Morgan fingerprint density at radius 1 is 1.00 bits per heavy atom. The van der Waals surface area contributed by atoms with Crippen molar-refractivity contribution in [3.8, 4) is 17.2 Å². The van der Waals surface area contributed by atoms with Gasteiger partial charge in [0.1, 0.15) is 5.75 Å². The predicted molar refractivity (Wildman–Crippen MR) is 138 cm³/mol. The number of nitrogens with zero attached hydrogens (tertiary/aromatic N) is 1. The molecule has 2 aliphatic rings. The first-order chi connectivity index (χ1) is 18.8. The number of carbonyl (C=O) groups excluding carboxylic acids is 2. The zero-order chi connectivity index (χ0) is 27.7. The Hall–Kier alpha value is -2.07. The number of benzene rings is 2. The number of fused-ring (bicyclic) bond motifs is 2. The van der Waals surface area contributed by atoms with E-state index in [0.29, 0.717) is 34.1 Å². The predicted octanol–water partition coefficient (Wildman–Crippen LogP) is -3.26. The summed E-state index contributed by atoms with van der Waals surface area (Å²) >= 11 is 0. The zero-order valence-corrected chi connectivity index (χ0v) is 28.3. The van der Waals surface area contributed by atoms with Crippen LogP contribution in [-0.4, -0.2) is 30.8 Å². The topological polar surface area (TPSA) is 121 Å². The molecule has 8 nitrogen and oxygen atoms in total. The third-order valence-corrected chi connectivity index (χ3v) is 7.79. The van der Waals surface area contributed by atoms with Gasteiger partial charge in [-0.05, 0) is 77.8 Å². The molecule has 0 spiro atoms. The third kappa shape index (κ3) is 6.79. The molecule has 3 aromatic rings. The summed E-state index contributed by atoms with van der Waals surface area (Å²) < 4.78 is 16.5. The van der Waals surface area contributed by atoms with Gasteiger partial charge < -0.3 is 34.0 Å². The second kappa shape index (κ2) is 14.4. The van der Waals surface area contributed by atoms with E-state index in [1.54, 1.807) is 25.1 Å². The number of methoxy groups -OCH3 is 1. The number of hydrogen-bond acceptors (Lipinski definition) is 8. The van der Waals surface area contributed by atoms with Gasteiger partial charge in [0.15, 0.2) is 11.5 Å². The molecule has 0 saturated heterocycles. The molecular formula is C31H31NNa2O7. The Labute approximate surface area is 284 Å². The standard InChI is InChI=1S/C31H33NO7.2Na/c1-4-5-6-20-8-10-23-26(18-7-12-24-25(15-18)39-16-38-24)28(31(35)36)27(29(23)32-20)22-11-9-21(37-3)14-19(22)13-17(2)30(33)34;;/h7-12,14-15,17,26-28H,4-6,13,16H2,1-3H3,(H,33,34)(H,35,36);;/q;2*+1/p-2/t17-,26-,27-,28+;;/m0../s1. The molecule has 0 fully saturated rings. The Balaban J connectivity index is 0.00000231. The molecule has 1 aromatic heterocycles. The van der Waals surface area contributed by atoms with Gasteiger partial charge in [0.05, 0.1) is 12.8 Å². The van der Waals surface area contributed by atoms with Crippen molar-refractivity contribution >= 4 is 11.9 Å². The molecule has 1 aliphatic carbocycles. The number of ether oxygens (including phenoxy) is 3. The van der Waals surface area contributed by atoms with E-state index in [2.05, 4.69) is 6.92 Å². The van der Waals surface area contributed by atoms with Crippen LogP contribution in [0.1, 0.15) is 72.2 Å². The van der Waals surface area contributed by atoms with Crippen LogP contribution in [0.15, 0.2) is 48.5 Å². The van der Waals surface area contributed by atoms with Gasteiger partial charge in [-0.1, -0.05) is 38.5 Å². The normalized spacial score (nSPS) is 19.0. The average molecular weight is 576 g/mol. The fraction of sp³-hybridized carbons (Fsp3) is 0.387. The number of pyridine rings is 1. The molecule has 2 aromatic carbocycles. The van der Waals surface area contributed by atoms with Crippen molar-refractivity contribution in [2.75, 3.05) is 13.9 Å². The quantitative estimate of drug-likeness (QED) is 0.231. The second-order valence-electron chi connectivity index (χ2n) is 10.3. The van der Waals surface area contributed by atoms with E-state index >= 15 is 0 Å². The number of carbonyl (C=O) groups is 2. The number of aryl methyl sites for hydroxylation is 1. The first-order valence-electron chi connectivity index (χ1n) is 13.3. The summed E-state index contributed by atoms with van der Waals surface area (Å²) in [5.41, 5.74) is 4.51. The van der Waals surface area contributed by atoms with Gasteiger partial charge in [0.25, 0.3) is 0 Å². The summed E-state index contributed by atoms with van der Waals surface area (Å²) in [6.45, 7) is 3.80. The van der Waals surface area contributed by atoms with E-state index in [9.17, 15) is 19.8 Å². The molecule has 0 N–H and O–H groups in total. The monoisotopic (exact) mass is 575 g/mol. The summed E-state index contributed by atoms with van der Waals surface area (Å²) in [7, 11) is 1.53. The van der Waals surface area contributed by atoms with Gasteiger partial charge in [-0.3, -0.25) is 4.98 Å². The van der Waals surface area contributed by atoms with E-state index in [-0.39, 0.29) is 72.3 Å². The smallest absolute Gasteiger partial charge is 0.550 e. The molecule has 5 rings (SSSR count). The summed E-state index contributed by atoms with van der Waals surface area (Å²) in [6.07, 6.45) is 2.90. The average Bonchev–Trinajstić information content (AvgIpc) is 3.53. The minimum Gasteiger partial charge on any atom is -0.550 e. The number of unbranched alkanes of at least 4 members (excludes halogenated alkanes) is 1. The largest absolute Gasteiger partial charge is 1.00 e. The molecule has 0 radical (unpaired) electrons. The van der Waals surface area contributed by atoms with Gasteiger partial charge in [-0.25, -0.2) is 0 Å². The van der Waals surface area contributed by atoms with Crippen LogP contribution >= 0.6 is 0 Å². The Bertz CT molecular complexity index is 1410. The minimum atomic E-state index is -1.20. The van der Waals surface area contributed by atoms with Gasteiger partial charge in [0, 0.05) is 35.4 Å². The second-order valence-corrected chi connectivity index (χ2v) is 10.3. The SMILES string of the molecule is CCCCc1ccc2c(n1)[C@@H](c1ccc(OC)cc1C[C@H](C)C(=O)[O-])[C@H](C(=O)[O-])[C@H]2c1ccc2c(c1)OCO2.[Na+].[Na+]. The maximum atomic E-state index is 13.0. The van der Waals surface area contributed by atoms with Gasteiger partial charge >= 0.3 is 59.1 Å². The Morgan fingerprint density at radius 3 is 2.41 bits per heavy atom. The molecule has 10 heteroatoms. The van der Waals surface area contributed by atoms with Crippen LogP contribution in [0.2, 0.25) is 0 Å². The Morgan fingerprint density at radius 2 is 1.73 bits per heavy atom. The molecule has 0 bridgehead atoms. The molecular weight excluding hydrogens is 544 g/mol. The van der Waals surface area contributed by atoms with E-state index in [0.717, 1.165) is 36.1 Å². The minimum absolute atomic E-state index is 0. The first kappa shape index (κ1) is 33.4. The van der Waals surface area contributed by atoms with Crippen LogP contribution in [0, 0.1) is 11.8 Å². The molecule has 41 heavy (non-hydrogen) atoms. The van der Waals surface area contributed by atoms with E-state index in [4.69, 9.17) is 19.2 Å². The first-order valence-corrected chi connectivity index (χ1v) is 13.3. The summed E-state index contributed by atoms with van der Waals surface area (Å²) in [5, 5.41) is 24.6. The van der Waals surface area contributed by atoms with E-state index in [1.165, 1.54) is 7.11 Å². The molecule has 1 aliphatic heterocycles. The molecule has 2 heterocycles. The number of carboxylic acids is 2. The van der Waals surface area contributed by atoms with Gasteiger partial charge in [-0.2, -0.15) is 0 Å².